The van der Waals surface area contributed by atoms with Crippen molar-refractivity contribution in [3.63, 3.8) is 0 Å². The molecule has 1 heterocycles. The van der Waals surface area contributed by atoms with E-state index in [1.165, 1.54) is 0 Å². The lowest BCUT2D eigenvalue weighted by atomic mass is 9.94. The highest BCUT2D eigenvalue weighted by molar-refractivity contribution is 6.07. The SMILES string of the molecule is NC(=O)c1ccc(CN(C(=O)C2CCCN(C(=O)c3cccc4ccccc34)C2)C2CC2)cc1. The number of nitrogens with zero attached hydrogens (tertiary/aromatic N) is 2. The Morgan fingerprint density at radius 2 is 1.65 bits per heavy atom. The van der Waals surface area contributed by atoms with Crippen molar-refractivity contribution in [2.75, 3.05) is 13.1 Å². The monoisotopic (exact) mass is 455 g/mol. The van der Waals surface area contributed by atoms with Crippen molar-refractivity contribution >= 4 is 28.5 Å². The topological polar surface area (TPSA) is 83.7 Å². The summed E-state index contributed by atoms with van der Waals surface area (Å²) in [6.07, 6.45) is 3.63. The molecular weight excluding hydrogens is 426 g/mol. The molecule has 1 aliphatic heterocycles. The number of primary amides is 1. The third-order valence-electron chi connectivity index (χ3n) is 6.94. The van der Waals surface area contributed by atoms with E-state index in [1.54, 1.807) is 12.1 Å². The molecule has 2 aliphatic rings. The first-order valence-corrected chi connectivity index (χ1v) is 12.0. The van der Waals surface area contributed by atoms with E-state index in [4.69, 9.17) is 5.73 Å². The number of rotatable bonds is 6. The van der Waals surface area contributed by atoms with E-state index >= 15 is 0 Å². The molecule has 1 saturated carbocycles. The number of hydrogen-bond donors (Lipinski definition) is 1. The number of piperidine rings is 1. The molecule has 5 rings (SSSR count). The molecule has 0 radical (unpaired) electrons. The molecule has 0 aromatic heterocycles. The smallest absolute Gasteiger partial charge is 0.254 e. The maximum absolute atomic E-state index is 13.6. The minimum Gasteiger partial charge on any atom is -0.366 e. The van der Waals surface area contributed by atoms with Crippen LogP contribution in [0, 0.1) is 5.92 Å². The molecule has 2 fully saturated rings. The number of nitrogens with two attached hydrogens (primary N) is 1. The first kappa shape index (κ1) is 22.1. The average Bonchev–Trinajstić information content (AvgIpc) is 3.72. The van der Waals surface area contributed by atoms with Crippen LogP contribution in [0.1, 0.15) is 52.0 Å². The first-order valence-electron chi connectivity index (χ1n) is 12.0. The number of amides is 3. The summed E-state index contributed by atoms with van der Waals surface area (Å²) in [4.78, 5) is 42.2. The highest BCUT2D eigenvalue weighted by Crippen LogP contribution is 2.32. The standard InChI is InChI=1S/C28H29N3O3/c29-26(32)21-12-10-19(11-13-21)17-31(23-14-15-23)27(33)22-7-4-16-30(18-22)28(34)25-9-3-6-20-5-1-2-8-24(20)25/h1-3,5-6,8-13,22-23H,4,7,14-18H2,(H2,29,32). The lowest BCUT2D eigenvalue weighted by Crippen LogP contribution is -2.47. The zero-order valence-corrected chi connectivity index (χ0v) is 19.2. The maximum atomic E-state index is 13.6. The van der Waals surface area contributed by atoms with Crippen LogP contribution in [0.25, 0.3) is 10.8 Å². The van der Waals surface area contributed by atoms with Gasteiger partial charge in [0, 0.05) is 36.8 Å². The van der Waals surface area contributed by atoms with Crippen molar-refractivity contribution in [3.05, 3.63) is 83.4 Å². The van der Waals surface area contributed by atoms with Crippen LogP contribution in [-0.2, 0) is 11.3 Å². The van der Waals surface area contributed by atoms with Gasteiger partial charge >= 0.3 is 0 Å². The van der Waals surface area contributed by atoms with Gasteiger partial charge in [0.2, 0.25) is 11.8 Å². The highest BCUT2D eigenvalue weighted by Gasteiger charge is 2.38. The lowest BCUT2D eigenvalue weighted by molar-refractivity contribution is -0.138. The summed E-state index contributed by atoms with van der Waals surface area (Å²) in [6.45, 7) is 1.63. The van der Waals surface area contributed by atoms with Gasteiger partial charge in [0.15, 0.2) is 0 Å². The normalized spacial score (nSPS) is 18.0. The largest absolute Gasteiger partial charge is 0.366 e. The van der Waals surface area contributed by atoms with Crippen LogP contribution in [0.5, 0.6) is 0 Å². The Hall–Kier alpha value is -3.67. The Kier molecular flexibility index (Phi) is 6.05. The molecule has 6 nitrogen and oxygen atoms in total. The molecule has 174 valence electrons. The van der Waals surface area contributed by atoms with Crippen molar-refractivity contribution in [1.82, 2.24) is 9.80 Å². The summed E-state index contributed by atoms with van der Waals surface area (Å²) in [6, 6.07) is 21.1. The minimum absolute atomic E-state index is 0.00527. The van der Waals surface area contributed by atoms with E-state index in [0.29, 0.717) is 30.8 Å². The van der Waals surface area contributed by atoms with Crippen molar-refractivity contribution in [3.8, 4) is 0 Å². The molecule has 2 N–H and O–H groups in total. The van der Waals surface area contributed by atoms with Crippen molar-refractivity contribution < 1.29 is 14.4 Å². The third kappa shape index (κ3) is 4.53. The number of carbonyl (C=O) groups is 3. The second kappa shape index (κ2) is 9.29. The second-order valence-electron chi connectivity index (χ2n) is 9.38. The predicted molar refractivity (Wildman–Crippen MR) is 131 cm³/mol. The second-order valence-corrected chi connectivity index (χ2v) is 9.38. The van der Waals surface area contributed by atoms with Crippen LogP contribution >= 0.6 is 0 Å². The molecule has 1 saturated heterocycles. The molecule has 3 aromatic rings. The van der Waals surface area contributed by atoms with E-state index in [1.807, 2.05) is 64.4 Å². The van der Waals surface area contributed by atoms with Gasteiger partial charge in [-0.15, -0.1) is 0 Å². The van der Waals surface area contributed by atoms with Gasteiger partial charge in [-0.3, -0.25) is 14.4 Å². The zero-order chi connectivity index (χ0) is 23.7. The molecule has 3 amide bonds. The summed E-state index contributed by atoms with van der Waals surface area (Å²) in [5.41, 5.74) is 7.48. The lowest BCUT2D eigenvalue weighted by Gasteiger charge is -2.35. The van der Waals surface area contributed by atoms with Gasteiger partial charge in [0.25, 0.3) is 5.91 Å². The molecule has 3 aromatic carbocycles. The number of carbonyl (C=O) groups excluding carboxylic acids is 3. The Morgan fingerprint density at radius 1 is 0.912 bits per heavy atom. The van der Waals surface area contributed by atoms with Crippen LogP contribution in [0.4, 0.5) is 0 Å². The number of likely N-dealkylation sites (tertiary alicyclic amines) is 1. The van der Waals surface area contributed by atoms with E-state index in [2.05, 4.69) is 0 Å². The molecule has 1 atom stereocenters. The summed E-state index contributed by atoms with van der Waals surface area (Å²) in [5, 5.41) is 1.99. The van der Waals surface area contributed by atoms with Gasteiger partial charge in [-0.2, -0.15) is 0 Å². The number of fused-ring (bicyclic) bond motifs is 1. The molecule has 34 heavy (non-hydrogen) atoms. The molecular formula is C28H29N3O3. The number of hydrogen-bond acceptors (Lipinski definition) is 3. The molecule has 1 aliphatic carbocycles. The van der Waals surface area contributed by atoms with Crippen molar-refractivity contribution in [2.24, 2.45) is 11.7 Å². The Morgan fingerprint density at radius 3 is 2.38 bits per heavy atom. The third-order valence-corrected chi connectivity index (χ3v) is 6.94. The quantitative estimate of drug-likeness (QED) is 0.610. The average molecular weight is 456 g/mol. The predicted octanol–water partition coefficient (Wildman–Crippen LogP) is 3.98. The Bertz CT molecular complexity index is 1230. The molecule has 0 spiro atoms. The van der Waals surface area contributed by atoms with Crippen LogP contribution in [0.3, 0.4) is 0 Å². The van der Waals surface area contributed by atoms with Gasteiger partial charge in [-0.1, -0.05) is 48.5 Å². The zero-order valence-electron chi connectivity index (χ0n) is 19.2. The van der Waals surface area contributed by atoms with Gasteiger partial charge in [0.05, 0.1) is 5.92 Å². The van der Waals surface area contributed by atoms with Crippen LogP contribution < -0.4 is 5.73 Å². The minimum atomic E-state index is -0.458. The number of benzene rings is 3. The maximum Gasteiger partial charge on any atom is 0.254 e. The Balaban J connectivity index is 1.31. The van der Waals surface area contributed by atoms with Gasteiger partial charge in [-0.25, -0.2) is 0 Å². The van der Waals surface area contributed by atoms with Gasteiger partial charge in [-0.05, 0) is 60.2 Å². The van der Waals surface area contributed by atoms with Crippen molar-refractivity contribution in [2.45, 2.75) is 38.3 Å². The fourth-order valence-corrected chi connectivity index (χ4v) is 4.92. The molecule has 0 bridgehead atoms. The van der Waals surface area contributed by atoms with Crippen LogP contribution in [0.2, 0.25) is 0 Å². The summed E-state index contributed by atoms with van der Waals surface area (Å²) in [7, 11) is 0. The fraction of sp³-hybridized carbons (Fsp3) is 0.321. The van der Waals surface area contributed by atoms with E-state index < -0.39 is 5.91 Å². The van der Waals surface area contributed by atoms with Gasteiger partial charge < -0.3 is 15.5 Å². The first-order chi connectivity index (χ1) is 16.5. The Labute approximate surface area is 199 Å². The highest BCUT2D eigenvalue weighted by atomic mass is 16.2. The van der Waals surface area contributed by atoms with E-state index in [0.717, 1.165) is 42.0 Å². The van der Waals surface area contributed by atoms with Gasteiger partial charge in [0.1, 0.15) is 0 Å². The summed E-state index contributed by atoms with van der Waals surface area (Å²) >= 11 is 0. The van der Waals surface area contributed by atoms with E-state index in [-0.39, 0.29) is 23.8 Å². The van der Waals surface area contributed by atoms with E-state index in [9.17, 15) is 14.4 Å². The van der Waals surface area contributed by atoms with Crippen LogP contribution in [-0.4, -0.2) is 46.7 Å². The van der Waals surface area contributed by atoms with Crippen molar-refractivity contribution in [1.29, 1.82) is 0 Å². The van der Waals surface area contributed by atoms with Crippen LogP contribution in [0.15, 0.2) is 66.7 Å². The fourth-order valence-electron chi connectivity index (χ4n) is 4.92. The molecule has 1 unspecified atom stereocenters. The molecule has 6 heteroatoms. The summed E-state index contributed by atoms with van der Waals surface area (Å²) in [5.74, 6) is -0.538. The summed E-state index contributed by atoms with van der Waals surface area (Å²) < 4.78 is 0.